The van der Waals surface area contributed by atoms with Crippen LogP contribution in [0.1, 0.15) is 99.6 Å². The first-order valence-corrected chi connectivity index (χ1v) is 18.5. The van der Waals surface area contributed by atoms with Crippen molar-refractivity contribution in [2.75, 3.05) is 0 Å². The number of rotatable bonds is 12. The van der Waals surface area contributed by atoms with Gasteiger partial charge in [-0.3, -0.25) is 4.79 Å². The number of fused-ring (bicyclic) bond motifs is 2. The molecule has 300 valence electrons. The summed E-state index contributed by atoms with van der Waals surface area (Å²) in [5.41, 5.74) is 1.93. The van der Waals surface area contributed by atoms with Crippen molar-refractivity contribution in [1.29, 1.82) is 0 Å². The highest BCUT2D eigenvalue weighted by Gasteiger charge is 2.32. The molecule has 6 aromatic carbocycles. The minimum absolute atomic E-state index is 0.0149. The number of nitrogens with zero attached hydrogens (tertiary/aromatic N) is 1. The van der Waals surface area contributed by atoms with Crippen LogP contribution in [0.4, 0.5) is 0 Å². The van der Waals surface area contributed by atoms with E-state index in [4.69, 9.17) is 14.2 Å². The van der Waals surface area contributed by atoms with E-state index in [1.54, 1.807) is 29.2 Å². The molecule has 2 aliphatic rings. The fourth-order valence-corrected chi connectivity index (χ4v) is 6.53. The Balaban J connectivity index is 1.01. The number of carbonyl (C=O) groups is 8. The Morgan fingerprint density at radius 2 is 0.951 bits per heavy atom. The molecule has 0 aromatic heterocycles. The standard InChI is InChI=1S/C47H29NO13/c49-40(48(24-27-7-3-1-4-8-27)25-28-9-5-2-6-10-28)30-13-11-29(12-14-30)26-57-43(52)38-23-33(58-41(50)31-15-18-34-36(21-31)46(55)60-44(34)53)17-20-39(38)59-42(51)32-16-19-35-37(22-32)47(56)61-45(35)54/h1-23H,24-26H2. The van der Waals surface area contributed by atoms with Crippen LogP contribution >= 0.6 is 0 Å². The second-order valence-corrected chi connectivity index (χ2v) is 13.7. The van der Waals surface area contributed by atoms with Crippen molar-refractivity contribution < 1.29 is 62.0 Å². The summed E-state index contributed by atoms with van der Waals surface area (Å²) in [4.78, 5) is 104. The van der Waals surface area contributed by atoms with Crippen LogP contribution in [0, 0.1) is 0 Å². The number of hydrogen-bond donors (Lipinski definition) is 0. The van der Waals surface area contributed by atoms with Crippen molar-refractivity contribution in [2.45, 2.75) is 19.7 Å². The topological polar surface area (TPSA) is 186 Å². The number of benzene rings is 6. The number of hydrogen-bond acceptors (Lipinski definition) is 13. The molecular weight excluding hydrogens is 787 g/mol. The number of esters is 7. The molecule has 0 N–H and O–H groups in total. The quantitative estimate of drug-likeness (QED) is 0.0536. The Labute approximate surface area is 345 Å². The van der Waals surface area contributed by atoms with E-state index in [-0.39, 0.29) is 63.0 Å². The monoisotopic (exact) mass is 815 g/mol. The fraction of sp³-hybridized carbons (Fsp3) is 0.0638. The van der Waals surface area contributed by atoms with Gasteiger partial charge in [0.25, 0.3) is 5.91 Å². The Bertz CT molecular complexity index is 2760. The first-order chi connectivity index (χ1) is 29.5. The minimum atomic E-state index is -1.01. The SMILES string of the molecule is O=C(Oc1ccc(OC(=O)c2ccc3c(c2)C(=O)OC3=O)c(C(=O)OCc2ccc(C(=O)N(Cc3ccccc3)Cc3ccccc3)cc2)c1)c1ccc2c(c1)C(=O)OC2=O. The molecule has 14 heteroatoms. The second-order valence-electron chi connectivity index (χ2n) is 13.7. The summed E-state index contributed by atoms with van der Waals surface area (Å²) in [5, 5.41) is 0. The lowest BCUT2D eigenvalue weighted by atomic mass is 10.1. The Kier molecular flexibility index (Phi) is 10.8. The maximum absolute atomic E-state index is 13.8. The average molecular weight is 816 g/mol. The van der Waals surface area contributed by atoms with E-state index in [1.165, 1.54) is 36.4 Å². The van der Waals surface area contributed by atoms with Gasteiger partial charge < -0.3 is 28.6 Å². The highest BCUT2D eigenvalue weighted by molar-refractivity contribution is 6.16. The Hall–Kier alpha value is -8.52. The minimum Gasteiger partial charge on any atom is -0.457 e. The molecule has 2 aliphatic heterocycles. The molecule has 0 radical (unpaired) electrons. The van der Waals surface area contributed by atoms with E-state index in [9.17, 15) is 38.4 Å². The maximum atomic E-state index is 13.8. The third kappa shape index (κ3) is 8.54. The molecule has 8 rings (SSSR count). The third-order valence-corrected chi connectivity index (χ3v) is 9.64. The molecule has 1 amide bonds. The third-order valence-electron chi connectivity index (χ3n) is 9.64. The number of carbonyl (C=O) groups excluding carboxylic acids is 8. The lowest BCUT2D eigenvalue weighted by Gasteiger charge is -2.23. The van der Waals surface area contributed by atoms with E-state index in [1.807, 2.05) is 60.7 Å². The van der Waals surface area contributed by atoms with Crippen molar-refractivity contribution >= 4 is 47.7 Å². The molecule has 0 aliphatic carbocycles. The van der Waals surface area contributed by atoms with Gasteiger partial charge in [-0.05, 0) is 83.4 Å². The highest BCUT2D eigenvalue weighted by atomic mass is 16.6. The van der Waals surface area contributed by atoms with Gasteiger partial charge in [-0.1, -0.05) is 72.8 Å². The van der Waals surface area contributed by atoms with Gasteiger partial charge in [0.05, 0.1) is 33.4 Å². The van der Waals surface area contributed by atoms with Crippen LogP contribution in [0.2, 0.25) is 0 Å². The van der Waals surface area contributed by atoms with E-state index in [2.05, 4.69) is 9.47 Å². The van der Waals surface area contributed by atoms with Crippen molar-refractivity contribution in [3.8, 4) is 11.5 Å². The normalized spacial score (nSPS) is 12.5. The van der Waals surface area contributed by atoms with Gasteiger partial charge in [0.1, 0.15) is 23.7 Å². The van der Waals surface area contributed by atoms with Gasteiger partial charge in [0.2, 0.25) is 0 Å². The van der Waals surface area contributed by atoms with Crippen LogP contribution in [-0.4, -0.2) is 52.6 Å². The summed E-state index contributed by atoms with van der Waals surface area (Å²) in [7, 11) is 0. The van der Waals surface area contributed by atoms with Crippen molar-refractivity contribution in [3.63, 3.8) is 0 Å². The molecule has 0 bridgehead atoms. The van der Waals surface area contributed by atoms with Crippen molar-refractivity contribution in [1.82, 2.24) is 4.90 Å². The molecule has 2 heterocycles. The predicted molar refractivity (Wildman–Crippen MR) is 211 cm³/mol. The van der Waals surface area contributed by atoms with Crippen LogP contribution in [0.25, 0.3) is 0 Å². The summed E-state index contributed by atoms with van der Waals surface area (Å²) >= 11 is 0. The van der Waals surface area contributed by atoms with E-state index in [0.717, 1.165) is 29.3 Å². The van der Waals surface area contributed by atoms with E-state index >= 15 is 0 Å². The number of ether oxygens (including phenoxy) is 5. The molecule has 61 heavy (non-hydrogen) atoms. The van der Waals surface area contributed by atoms with Gasteiger partial charge in [0, 0.05) is 18.7 Å². The van der Waals surface area contributed by atoms with Gasteiger partial charge in [-0.25, -0.2) is 33.6 Å². The summed E-state index contributed by atoms with van der Waals surface area (Å²) in [6.07, 6.45) is 0. The number of cyclic esters (lactones) is 4. The zero-order chi connectivity index (χ0) is 42.6. The average Bonchev–Trinajstić information content (AvgIpc) is 3.74. The molecular formula is C47H29NO13. The maximum Gasteiger partial charge on any atom is 0.346 e. The molecule has 14 nitrogen and oxygen atoms in total. The molecule has 0 saturated heterocycles. The molecule has 0 unspecified atom stereocenters. The van der Waals surface area contributed by atoms with Crippen LogP contribution < -0.4 is 9.47 Å². The number of amides is 1. The van der Waals surface area contributed by atoms with Crippen molar-refractivity contribution in [2.24, 2.45) is 0 Å². The zero-order valence-electron chi connectivity index (χ0n) is 31.7. The highest BCUT2D eigenvalue weighted by Crippen LogP contribution is 2.29. The van der Waals surface area contributed by atoms with Gasteiger partial charge >= 0.3 is 41.8 Å². The van der Waals surface area contributed by atoms with Crippen LogP contribution in [-0.2, 0) is 33.9 Å². The lowest BCUT2D eigenvalue weighted by molar-refractivity contribution is 0.0425. The van der Waals surface area contributed by atoms with Crippen LogP contribution in [0.15, 0.2) is 140 Å². The first kappa shape index (κ1) is 39.3. The first-order valence-electron chi connectivity index (χ1n) is 18.5. The van der Waals surface area contributed by atoms with E-state index < -0.39 is 41.8 Å². The zero-order valence-corrected chi connectivity index (χ0v) is 31.7. The summed E-state index contributed by atoms with van der Waals surface area (Å²) in [5.74, 6) is -7.26. The van der Waals surface area contributed by atoms with Gasteiger partial charge in [0.15, 0.2) is 0 Å². The summed E-state index contributed by atoms with van der Waals surface area (Å²) in [6.45, 7) is 0.459. The van der Waals surface area contributed by atoms with Crippen LogP contribution in [0.5, 0.6) is 11.5 Å². The molecule has 0 spiro atoms. The molecule has 6 aromatic rings. The molecule has 0 atom stereocenters. The lowest BCUT2D eigenvalue weighted by Crippen LogP contribution is -2.30. The fourth-order valence-electron chi connectivity index (χ4n) is 6.53. The molecule has 0 saturated carbocycles. The summed E-state index contributed by atoms with van der Waals surface area (Å²) < 4.78 is 25.8. The predicted octanol–water partition coefficient (Wildman–Crippen LogP) is 6.95. The Morgan fingerprint density at radius 3 is 1.49 bits per heavy atom. The van der Waals surface area contributed by atoms with Crippen molar-refractivity contribution in [3.05, 3.63) is 201 Å². The largest absolute Gasteiger partial charge is 0.457 e. The smallest absolute Gasteiger partial charge is 0.346 e. The van der Waals surface area contributed by atoms with Crippen LogP contribution in [0.3, 0.4) is 0 Å². The van der Waals surface area contributed by atoms with Gasteiger partial charge in [-0.2, -0.15) is 0 Å². The van der Waals surface area contributed by atoms with E-state index in [0.29, 0.717) is 24.2 Å². The van der Waals surface area contributed by atoms with Gasteiger partial charge in [-0.15, -0.1) is 0 Å². The summed E-state index contributed by atoms with van der Waals surface area (Å²) in [6, 6.07) is 36.5. The second kappa shape index (κ2) is 16.8. The molecule has 0 fully saturated rings. The Morgan fingerprint density at radius 1 is 0.459 bits per heavy atom.